The zero-order valence-electron chi connectivity index (χ0n) is 13.3. The summed E-state index contributed by atoms with van der Waals surface area (Å²) in [5.41, 5.74) is 1.79. The second kappa shape index (κ2) is 7.53. The van der Waals surface area contributed by atoms with E-state index in [9.17, 15) is 0 Å². The van der Waals surface area contributed by atoms with Crippen molar-refractivity contribution in [2.45, 2.75) is 10.9 Å². The number of thioether (sulfide) groups is 1. The Morgan fingerprint density at radius 2 is 1.85 bits per heavy atom. The maximum Gasteiger partial charge on any atom is 0.205 e. The molecule has 2 aromatic heterocycles. The van der Waals surface area contributed by atoms with Gasteiger partial charge in [0, 0.05) is 15.6 Å². The first-order valence-corrected chi connectivity index (χ1v) is 9.42. The van der Waals surface area contributed by atoms with Crippen LogP contribution in [-0.2, 0) is 5.75 Å². The standard InChI is InChI=1S/C18H12Cl2N4OS/c19-13-4-1-3-12(7-13)16-9-21-17(25-16)10-26-18-23-22-11-24(18)15-6-2-5-14(20)8-15/h1-9,11H,10H2. The lowest BCUT2D eigenvalue weighted by atomic mass is 10.2. The van der Waals surface area contributed by atoms with E-state index in [1.807, 2.05) is 53.1 Å². The van der Waals surface area contributed by atoms with Crippen molar-refractivity contribution in [1.29, 1.82) is 0 Å². The van der Waals surface area contributed by atoms with Crippen LogP contribution in [0.3, 0.4) is 0 Å². The summed E-state index contributed by atoms with van der Waals surface area (Å²) in [5, 5.41) is 10.2. The van der Waals surface area contributed by atoms with Crippen LogP contribution in [0.2, 0.25) is 10.0 Å². The predicted octanol–water partition coefficient (Wildman–Crippen LogP) is 5.52. The topological polar surface area (TPSA) is 56.7 Å². The minimum atomic E-state index is 0.528. The van der Waals surface area contributed by atoms with Gasteiger partial charge in [0.2, 0.25) is 5.89 Å². The number of benzene rings is 2. The lowest BCUT2D eigenvalue weighted by Gasteiger charge is -2.05. The van der Waals surface area contributed by atoms with Crippen LogP contribution in [0.15, 0.2) is 70.6 Å². The third kappa shape index (κ3) is 3.77. The van der Waals surface area contributed by atoms with E-state index in [1.54, 1.807) is 12.5 Å². The summed E-state index contributed by atoms with van der Waals surface area (Å²) in [6.07, 6.45) is 3.35. The van der Waals surface area contributed by atoms with Crippen LogP contribution in [0.5, 0.6) is 0 Å². The molecule has 0 saturated carbocycles. The Labute approximate surface area is 164 Å². The summed E-state index contributed by atoms with van der Waals surface area (Å²) < 4.78 is 7.69. The Morgan fingerprint density at radius 1 is 1.04 bits per heavy atom. The number of hydrogen-bond acceptors (Lipinski definition) is 5. The zero-order valence-corrected chi connectivity index (χ0v) is 15.7. The van der Waals surface area contributed by atoms with Crippen LogP contribution in [0, 0.1) is 0 Å². The summed E-state index contributed by atoms with van der Waals surface area (Å²) in [4.78, 5) is 4.33. The molecule has 0 amide bonds. The first kappa shape index (κ1) is 17.1. The molecule has 0 aliphatic carbocycles. The molecular formula is C18H12Cl2N4OS. The van der Waals surface area contributed by atoms with Crippen molar-refractivity contribution in [3.05, 3.63) is 77.0 Å². The molecular weight excluding hydrogens is 391 g/mol. The van der Waals surface area contributed by atoms with Gasteiger partial charge in [0.1, 0.15) is 6.33 Å². The van der Waals surface area contributed by atoms with E-state index in [4.69, 9.17) is 27.6 Å². The fourth-order valence-corrected chi connectivity index (χ4v) is 3.56. The maximum atomic E-state index is 6.06. The summed E-state index contributed by atoms with van der Waals surface area (Å²) in [6.45, 7) is 0. The van der Waals surface area contributed by atoms with Crippen LogP contribution in [0.25, 0.3) is 17.0 Å². The number of rotatable bonds is 5. The van der Waals surface area contributed by atoms with Crippen LogP contribution in [-0.4, -0.2) is 19.7 Å². The van der Waals surface area contributed by atoms with Gasteiger partial charge in [-0.3, -0.25) is 4.57 Å². The van der Waals surface area contributed by atoms with Crippen LogP contribution in [0.1, 0.15) is 5.89 Å². The van der Waals surface area contributed by atoms with Crippen molar-refractivity contribution in [3.63, 3.8) is 0 Å². The van der Waals surface area contributed by atoms with Crippen molar-refractivity contribution in [2.24, 2.45) is 0 Å². The largest absolute Gasteiger partial charge is 0.440 e. The molecule has 0 aliphatic heterocycles. The molecule has 4 aromatic rings. The monoisotopic (exact) mass is 402 g/mol. The molecule has 0 saturated heterocycles. The van der Waals surface area contributed by atoms with E-state index in [0.29, 0.717) is 27.4 Å². The summed E-state index contributed by atoms with van der Waals surface area (Å²) in [5.74, 6) is 1.81. The van der Waals surface area contributed by atoms with Gasteiger partial charge in [0.05, 0.1) is 17.6 Å². The quantitative estimate of drug-likeness (QED) is 0.411. The average Bonchev–Trinajstić information content (AvgIpc) is 3.29. The Morgan fingerprint density at radius 3 is 2.65 bits per heavy atom. The van der Waals surface area contributed by atoms with Crippen molar-refractivity contribution in [3.8, 4) is 17.0 Å². The smallest absolute Gasteiger partial charge is 0.205 e. The summed E-state index contributed by atoms with van der Waals surface area (Å²) in [6, 6.07) is 15.0. The summed E-state index contributed by atoms with van der Waals surface area (Å²) in [7, 11) is 0. The van der Waals surface area contributed by atoms with Gasteiger partial charge in [-0.05, 0) is 30.3 Å². The van der Waals surface area contributed by atoms with Crippen LogP contribution in [0.4, 0.5) is 0 Å². The molecule has 130 valence electrons. The molecule has 0 N–H and O–H groups in total. The Hall–Kier alpha value is -2.28. The highest BCUT2D eigenvalue weighted by Gasteiger charge is 2.11. The van der Waals surface area contributed by atoms with E-state index in [-0.39, 0.29) is 0 Å². The first-order valence-electron chi connectivity index (χ1n) is 7.68. The Bertz CT molecular complexity index is 1050. The lowest BCUT2D eigenvalue weighted by molar-refractivity contribution is 0.529. The molecule has 2 heterocycles. The molecule has 2 aromatic carbocycles. The fourth-order valence-electron chi connectivity index (χ4n) is 2.40. The third-order valence-corrected chi connectivity index (χ3v) is 4.99. The molecule has 0 unspecified atom stereocenters. The highest BCUT2D eigenvalue weighted by molar-refractivity contribution is 7.98. The van der Waals surface area contributed by atoms with Crippen molar-refractivity contribution < 1.29 is 4.42 Å². The number of nitrogens with zero attached hydrogens (tertiary/aromatic N) is 4. The Kier molecular flexibility index (Phi) is 4.97. The van der Waals surface area contributed by atoms with Gasteiger partial charge in [-0.1, -0.05) is 53.2 Å². The van der Waals surface area contributed by atoms with Crippen LogP contribution >= 0.6 is 35.0 Å². The zero-order chi connectivity index (χ0) is 17.9. The molecule has 0 bridgehead atoms. The molecule has 4 rings (SSSR count). The van der Waals surface area contributed by atoms with E-state index in [0.717, 1.165) is 16.4 Å². The van der Waals surface area contributed by atoms with E-state index >= 15 is 0 Å². The second-order valence-corrected chi connectivity index (χ2v) is 7.20. The highest BCUT2D eigenvalue weighted by atomic mass is 35.5. The van der Waals surface area contributed by atoms with E-state index < -0.39 is 0 Å². The number of aromatic nitrogens is 4. The van der Waals surface area contributed by atoms with E-state index in [1.165, 1.54) is 11.8 Å². The average molecular weight is 403 g/mol. The van der Waals surface area contributed by atoms with Gasteiger partial charge in [-0.2, -0.15) is 0 Å². The third-order valence-electron chi connectivity index (χ3n) is 3.59. The van der Waals surface area contributed by atoms with Crippen LogP contribution < -0.4 is 0 Å². The first-order chi connectivity index (χ1) is 12.7. The molecule has 26 heavy (non-hydrogen) atoms. The van der Waals surface area contributed by atoms with Crippen molar-refractivity contribution in [1.82, 2.24) is 19.7 Å². The second-order valence-electron chi connectivity index (χ2n) is 5.38. The highest BCUT2D eigenvalue weighted by Crippen LogP contribution is 2.27. The molecule has 8 heteroatoms. The molecule has 0 radical (unpaired) electrons. The number of halogens is 2. The SMILES string of the molecule is Clc1cccc(-c2cnc(CSc3nncn3-c3cccc(Cl)c3)o2)c1. The minimum Gasteiger partial charge on any atom is -0.440 e. The van der Waals surface area contributed by atoms with Gasteiger partial charge in [0.25, 0.3) is 0 Å². The molecule has 0 aliphatic rings. The molecule has 0 atom stereocenters. The molecule has 0 fully saturated rings. The number of oxazole rings is 1. The lowest BCUT2D eigenvalue weighted by Crippen LogP contribution is -1.95. The minimum absolute atomic E-state index is 0.528. The normalized spacial score (nSPS) is 11.0. The predicted molar refractivity (Wildman–Crippen MR) is 103 cm³/mol. The van der Waals surface area contributed by atoms with E-state index in [2.05, 4.69) is 15.2 Å². The molecule has 0 spiro atoms. The molecule has 5 nitrogen and oxygen atoms in total. The fraction of sp³-hybridized carbons (Fsp3) is 0.0556. The van der Waals surface area contributed by atoms with Gasteiger partial charge >= 0.3 is 0 Å². The Balaban J connectivity index is 1.50. The maximum absolute atomic E-state index is 6.06. The van der Waals surface area contributed by atoms with Crippen molar-refractivity contribution in [2.75, 3.05) is 0 Å². The summed E-state index contributed by atoms with van der Waals surface area (Å²) >= 11 is 13.6. The van der Waals surface area contributed by atoms with Gasteiger partial charge < -0.3 is 4.42 Å². The van der Waals surface area contributed by atoms with Gasteiger partial charge in [-0.15, -0.1) is 10.2 Å². The number of hydrogen-bond donors (Lipinski definition) is 0. The van der Waals surface area contributed by atoms with Gasteiger partial charge in [0.15, 0.2) is 10.9 Å². The van der Waals surface area contributed by atoms with Gasteiger partial charge in [-0.25, -0.2) is 4.98 Å². The van der Waals surface area contributed by atoms with Crippen molar-refractivity contribution >= 4 is 35.0 Å².